The summed E-state index contributed by atoms with van der Waals surface area (Å²) >= 11 is 0. The molecule has 2 bridgehead atoms. The molecule has 2 aliphatic heterocycles. The number of esters is 1. The van der Waals surface area contributed by atoms with Gasteiger partial charge in [0.1, 0.15) is 5.82 Å². The Bertz CT molecular complexity index is 521. The maximum atomic E-state index is 13.3. The van der Waals surface area contributed by atoms with Crippen LogP contribution in [0.25, 0.3) is 0 Å². The Morgan fingerprint density at radius 1 is 1.40 bits per heavy atom. The lowest BCUT2D eigenvalue weighted by Crippen LogP contribution is -2.39. The summed E-state index contributed by atoms with van der Waals surface area (Å²) in [7, 11) is 1.31. The van der Waals surface area contributed by atoms with E-state index in [-0.39, 0.29) is 5.56 Å². The smallest absolute Gasteiger partial charge is 0.340 e. The number of rotatable bonds is 3. The van der Waals surface area contributed by atoms with E-state index in [1.165, 1.54) is 25.7 Å². The molecule has 1 aromatic carbocycles. The van der Waals surface area contributed by atoms with Crippen LogP contribution in [0.3, 0.4) is 0 Å². The number of methoxy groups -OCH3 is 1. The summed E-state index contributed by atoms with van der Waals surface area (Å²) in [4.78, 5) is 14.2. The minimum absolute atomic E-state index is 0.271. The topological polar surface area (TPSA) is 41.6 Å². The lowest BCUT2D eigenvalue weighted by molar-refractivity contribution is 0.0601. The first-order valence-corrected chi connectivity index (χ1v) is 7.04. The molecule has 108 valence electrons. The molecule has 2 heterocycles. The number of ether oxygens (including phenoxy) is 1. The first-order valence-electron chi connectivity index (χ1n) is 7.04. The monoisotopic (exact) mass is 278 g/mol. The van der Waals surface area contributed by atoms with Gasteiger partial charge >= 0.3 is 5.97 Å². The summed E-state index contributed by atoms with van der Waals surface area (Å²) in [6.45, 7) is 3.37. The maximum absolute atomic E-state index is 13.3. The summed E-state index contributed by atoms with van der Waals surface area (Å²) < 4.78 is 18.1. The van der Waals surface area contributed by atoms with E-state index >= 15 is 0 Å². The highest BCUT2D eigenvalue weighted by Crippen LogP contribution is 2.30. The number of fused-ring (bicyclic) bond motifs is 2. The van der Waals surface area contributed by atoms with E-state index in [4.69, 9.17) is 4.74 Å². The van der Waals surface area contributed by atoms with Gasteiger partial charge in [-0.05, 0) is 43.5 Å². The van der Waals surface area contributed by atoms with Crippen molar-refractivity contribution in [2.75, 3.05) is 32.1 Å². The highest BCUT2D eigenvalue weighted by Gasteiger charge is 2.34. The first kappa shape index (κ1) is 13.4. The summed E-state index contributed by atoms with van der Waals surface area (Å²) in [6, 6.07) is 4.59. The van der Waals surface area contributed by atoms with Gasteiger partial charge < -0.3 is 15.0 Å². The van der Waals surface area contributed by atoms with E-state index in [0.29, 0.717) is 17.6 Å². The van der Waals surface area contributed by atoms with Gasteiger partial charge in [-0.2, -0.15) is 0 Å². The minimum atomic E-state index is -0.504. The molecule has 3 atom stereocenters. The zero-order chi connectivity index (χ0) is 14.1. The molecule has 0 amide bonds. The molecule has 5 heteroatoms. The highest BCUT2D eigenvalue weighted by atomic mass is 19.1. The van der Waals surface area contributed by atoms with Crippen LogP contribution in [-0.2, 0) is 4.74 Å². The average molecular weight is 278 g/mol. The molecular weight excluding hydrogens is 259 g/mol. The van der Waals surface area contributed by atoms with Crippen LogP contribution in [0.2, 0.25) is 0 Å². The Hall–Kier alpha value is -1.62. The van der Waals surface area contributed by atoms with Crippen LogP contribution in [0.15, 0.2) is 18.2 Å². The van der Waals surface area contributed by atoms with Crippen LogP contribution in [0.1, 0.15) is 23.2 Å². The van der Waals surface area contributed by atoms with Gasteiger partial charge in [0.25, 0.3) is 0 Å². The van der Waals surface area contributed by atoms with Crippen molar-refractivity contribution < 1.29 is 13.9 Å². The van der Waals surface area contributed by atoms with Crippen LogP contribution in [0.4, 0.5) is 10.1 Å². The Kier molecular flexibility index (Phi) is 3.61. The first-order chi connectivity index (χ1) is 9.67. The fourth-order valence-corrected chi connectivity index (χ4v) is 3.26. The molecule has 2 saturated heterocycles. The van der Waals surface area contributed by atoms with Crippen molar-refractivity contribution in [2.45, 2.75) is 18.9 Å². The Morgan fingerprint density at radius 2 is 2.20 bits per heavy atom. The third-order valence-corrected chi connectivity index (χ3v) is 4.36. The summed E-state index contributed by atoms with van der Waals surface area (Å²) in [5.41, 5.74) is 0.941. The molecule has 0 saturated carbocycles. The quantitative estimate of drug-likeness (QED) is 0.860. The van der Waals surface area contributed by atoms with Gasteiger partial charge in [0, 0.05) is 24.8 Å². The zero-order valence-electron chi connectivity index (χ0n) is 11.6. The zero-order valence-corrected chi connectivity index (χ0v) is 11.6. The number of halogens is 1. The average Bonchev–Trinajstić information content (AvgIpc) is 2.85. The Balaban J connectivity index is 1.81. The molecule has 2 fully saturated rings. The lowest BCUT2D eigenvalue weighted by Gasteiger charge is -2.32. The second-order valence-electron chi connectivity index (χ2n) is 5.57. The van der Waals surface area contributed by atoms with Crippen LogP contribution in [-0.4, -0.2) is 43.7 Å². The van der Waals surface area contributed by atoms with Crippen molar-refractivity contribution in [3.8, 4) is 0 Å². The fraction of sp³-hybridized carbons (Fsp3) is 0.533. The van der Waals surface area contributed by atoms with Crippen molar-refractivity contribution in [1.82, 2.24) is 4.90 Å². The van der Waals surface area contributed by atoms with Gasteiger partial charge in [-0.15, -0.1) is 0 Å². The summed E-state index contributed by atoms with van der Waals surface area (Å²) in [6.07, 6.45) is 2.25. The van der Waals surface area contributed by atoms with Gasteiger partial charge in [-0.25, -0.2) is 9.18 Å². The number of nitrogens with zero attached hydrogens (tertiary/aromatic N) is 1. The number of carbonyl (C=O) groups is 1. The van der Waals surface area contributed by atoms with E-state index in [9.17, 15) is 9.18 Å². The van der Waals surface area contributed by atoms with Crippen LogP contribution < -0.4 is 5.32 Å². The van der Waals surface area contributed by atoms with E-state index in [0.717, 1.165) is 26.1 Å². The molecule has 1 N–H and O–H groups in total. The van der Waals surface area contributed by atoms with Crippen molar-refractivity contribution in [2.24, 2.45) is 5.92 Å². The van der Waals surface area contributed by atoms with E-state index < -0.39 is 11.8 Å². The molecule has 0 spiro atoms. The lowest BCUT2D eigenvalue weighted by atomic mass is 9.93. The van der Waals surface area contributed by atoms with Crippen molar-refractivity contribution >= 4 is 11.7 Å². The van der Waals surface area contributed by atoms with Gasteiger partial charge in [0.2, 0.25) is 0 Å². The van der Waals surface area contributed by atoms with E-state index in [2.05, 4.69) is 10.2 Å². The van der Waals surface area contributed by atoms with Gasteiger partial charge in [0.05, 0.1) is 12.7 Å². The number of carbonyl (C=O) groups excluding carboxylic acids is 1. The normalized spacial score (nSPS) is 28.2. The number of piperidine rings is 1. The molecule has 0 aliphatic carbocycles. The molecule has 3 unspecified atom stereocenters. The molecule has 0 aromatic heterocycles. The van der Waals surface area contributed by atoms with Gasteiger partial charge in [-0.3, -0.25) is 0 Å². The van der Waals surface area contributed by atoms with Gasteiger partial charge in [0.15, 0.2) is 0 Å². The molecular formula is C15H19FN2O2. The SMILES string of the molecule is COC(=O)c1cc(F)ccc1NC1CCN2CCC1C2. The Morgan fingerprint density at radius 3 is 3.00 bits per heavy atom. The molecule has 0 radical (unpaired) electrons. The van der Waals surface area contributed by atoms with Crippen molar-refractivity contribution in [3.63, 3.8) is 0 Å². The summed E-state index contributed by atoms with van der Waals surface area (Å²) in [5.74, 6) is -0.318. The largest absolute Gasteiger partial charge is 0.465 e. The predicted octanol–water partition coefficient (Wildman–Crippen LogP) is 2.12. The maximum Gasteiger partial charge on any atom is 0.340 e. The number of nitrogens with one attached hydrogen (secondary N) is 1. The highest BCUT2D eigenvalue weighted by molar-refractivity contribution is 5.95. The molecule has 20 heavy (non-hydrogen) atoms. The van der Waals surface area contributed by atoms with Gasteiger partial charge in [-0.1, -0.05) is 0 Å². The number of hydrogen-bond acceptors (Lipinski definition) is 4. The standard InChI is InChI=1S/C15H19FN2O2/c1-20-15(19)12-8-11(16)2-3-14(12)17-13-5-7-18-6-4-10(13)9-18/h2-3,8,10,13,17H,4-7,9H2,1H3. The molecule has 1 aromatic rings. The molecule has 3 rings (SSSR count). The molecule has 2 aliphatic rings. The molecule has 4 nitrogen and oxygen atoms in total. The number of anilines is 1. The minimum Gasteiger partial charge on any atom is -0.465 e. The van der Waals surface area contributed by atoms with E-state index in [1.54, 1.807) is 6.07 Å². The van der Waals surface area contributed by atoms with Crippen LogP contribution in [0.5, 0.6) is 0 Å². The second kappa shape index (κ2) is 5.40. The number of hydrogen-bond donors (Lipinski definition) is 1. The van der Waals surface area contributed by atoms with Crippen LogP contribution >= 0.6 is 0 Å². The van der Waals surface area contributed by atoms with Crippen molar-refractivity contribution in [3.05, 3.63) is 29.6 Å². The fourth-order valence-electron chi connectivity index (χ4n) is 3.26. The predicted molar refractivity (Wildman–Crippen MR) is 74.3 cm³/mol. The van der Waals surface area contributed by atoms with Crippen molar-refractivity contribution in [1.29, 1.82) is 0 Å². The Labute approximate surface area is 117 Å². The second-order valence-corrected chi connectivity index (χ2v) is 5.57. The number of benzene rings is 1. The third kappa shape index (κ3) is 2.50. The third-order valence-electron chi connectivity index (χ3n) is 4.36. The van der Waals surface area contributed by atoms with Crippen LogP contribution in [0, 0.1) is 11.7 Å². The van der Waals surface area contributed by atoms with E-state index in [1.807, 2.05) is 0 Å². The summed E-state index contributed by atoms with van der Waals surface area (Å²) in [5, 5.41) is 3.43.